The highest BCUT2D eigenvalue weighted by atomic mass is 32.2. The van der Waals surface area contributed by atoms with Gasteiger partial charge in [-0.05, 0) is 31.4 Å². The quantitative estimate of drug-likeness (QED) is 0.864. The number of hydrogen-bond donors (Lipinski definition) is 1. The second-order valence-corrected chi connectivity index (χ2v) is 5.28. The molecule has 0 fully saturated rings. The van der Waals surface area contributed by atoms with Crippen molar-refractivity contribution in [3.05, 3.63) is 35.1 Å². The van der Waals surface area contributed by atoms with Gasteiger partial charge in [-0.25, -0.2) is 4.39 Å². The predicted octanol–water partition coefficient (Wildman–Crippen LogP) is 1.99. The van der Waals surface area contributed by atoms with Crippen molar-refractivity contribution in [3.63, 3.8) is 0 Å². The summed E-state index contributed by atoms with van der Waals surface area (Å²) in [7, 11) is 1.72. The maximum Gasteiger partial charge on any atom is 0.255 e. The van der Waals surface area contributed by atoms with Crippen LogP contribution in [0.25, 0.3) is 0 Å². The first-order chi connectivity index (χ1) is 9.51. The molecule has 0 saturated carbocycles. The lowest BCUT2D eigenvalue weighted by Crippen LogP contribution is -2.37. The summed E-state index contributed by atoms with van der Waals surface area (Å²) in [4.78, 5) is 14.0. The maximum atomic E-state index is 13.3. The molecule has 108 valence electrons. The van der Waals surface area contributed by atoms with Gasteiger partial charge in [0.15, 0.2) is 0 Å². The Morgan fingerprint density at radius 1 is 1.55 bits per heavy atom. The number of carbonyl (C=O) groups is 1. The largest absolute Gasteiger partial charge is 0.384 e. The van der Waals surface area contributed by atoms with Gasteiger partial charge in [-0.1, -0.05) is 11.8 Å². The molecule has 5 heteroatoms. The predicted molar refractivity (Wildman–Crippen MR) is 80.3 cm³/mol. The molecule has 3 nitrogen and oxygen atoms in total. The molecular formula is C15H18FNO2S. The molecule has 0 aliphatic heterocycles. The maximum absolute atomic E-state index is 13.3. The van der Waals surface area contributed by atoms with Crippen molar-refractivity contribution in [2.24, 2.45) is 0 Å². The van der Waals surface area contributed by atoms with Crippen molar-refractivity contribution in [1.29, 1.82) is 0 Å². The molecule has 1 amide bonds. The molecule has 1 aromatic rings. The number of carbonyl (C=O) groups excluding carboxylic acids is 1. The fourth-order valence-electron chi connectivity index (χ4n) is 1.68. The fourth-order valence-corrected chi connectivity index (χ4v) is 2.39. The van der Waals surface area contributed by atoms with Crippen molar-refractivity contribution >= 4 is 17.7 Å². The first-order valence-electron chi connectivity index (χ1n) is 6.16. The summed E-state index contributed by atoms with van der Waals surface area (Å²) in [5.41, 5.74) is 0.648. The number of aliphatic hydroxyl groups excluding tert-OH is 1. The first-order valence-corrected chi connectivity index (χ1v) is 7.56. The zero-order valence-electron chi connectivity index (χ0n) is 11.8. The number of hydrogen-bond acceptors (Lipinski definition) is 3. The van der Waals surface area contributed by atoms with Crippen molar-refractivity contribution in [3.8, 4) is 11.8 Å². The van der Waals surface area contributed by atoms with E-state index in [0.717, 1.165) is 5.75 Å². The number of nitrogens with zero attached hydrogens (tertiary/aromatic N) is 1. The Morgan fingerprint density at radius 3 is 2.85 bits per heavy atom. The summed E-state index contributed by atoms with van der Waals surface area (Å²) >= 11 is 1.66. The summed E-state index contributed by atoms with van der Waals surface area (Å²) in [5.74, 6) is 5.23. The highest BCUT2D eigenvalue weighted by Crippen LogP contribution is 2.15. The van der Waals surface area contributed by atoms with Crippen LogP contribution in [0, 0.1) is 17.7 Å². The lowest BCUT2D eigenvalue weighted by molar-refractivity contribution is 0.0757. The molecule has 1 atom stereocenters. The van der Waals surface area contributed by atoms with Crippen molar-refractivity contribution in [2.45, 2.75) is 13.0 Å². The lowest BCUT2D eigenvalue weighted by Gasteiger charge is -2.24. The van der Waals surface area contributed by atoms with Gasteiger partial charge in [0, 0.05) is 24.4 Å². The first kappa shape index (κ1) is 16.5. The van der Waals surface area contributed by atoms with Gasteiger partial charge in [0.2, 0.25) is 0 Å². The Morgan fingerprint density at radius 2 is 2.25 bits per heavy atom. The molecule has 0 aliphatic rings. The molecule has 1 aromatic carbocycles. The average Bonchev–Trinajstić information content (AvgIpc) is 2.44. The standard InChI is InChI=1S/C15H18FNO2S/c1-11(10-20-3)17(2)15(19)14-7-6-13(16)9-12(14)5-4-8-18/h6-7,9,11,18H,8,10H2,1-3H3. The van der Waals surface area contributed by atoms with Crippen LogP contribution in [0.2, 0.25) is 0 Å². The molecule has 0 saturated heterocycles. The number of rotatable bonds is 4. The number of thioether (sulfide) groups is 1. The molecule has 1 unspecified atom stereocenters. The summed E-state index contributed by atoms with van der Waals surface area (Å²) in [6.07, 6.45) is 1.98. The van der Waals surface area contributed by atoms with Crippen molar-refractivity contribution in [1.82, 2.24) is 4.90 Å². The summed E-state index contributed by atoms with van der Waals surface area (Å²) in [6.45, 7) is 1.62. The van der Waals surface area contributed by atoms with E-state index in [0.29, 0.717) is 11.1 Å². The minimum Gasteiger partial charge on any atom is -0.384 e. The van der Waals surface area contributed by atoms with E-state index in [9.17, 15) is 9.18 Å². The van der Waals surface area contributed by atoms with Gasteiger partial charge < -0.3 is 10.0 Å². The average molecular weight is 295 g/mol. The monoisotopic (exact) mass is 295 g/mol. The van der Waals surface area contributed by atoms with Crippen LogP contribution < -0.4 is 0 Å². The van der Waals surface area contributed by atoms with Gasteiger partial charge in [0.25, 0.3) is 5.91 Å². The summed E-state index contributed by atoms with van der Waals surface area (Å²) < 4.78 is 13.3. The van der Waals surface area contributed by atoms with Gasteiger partial charge in [-0.3, -0.25) is 4.79 Å². The summed E-state index contributed by atoms with van der Waals surface area (Å²) in [5, 5.41) is 8.73. The van der Waals surface area contributed by atoms with Gasteiger partial charge in [0.1, 0.15) is 12.4 Å². The Hall–Kier alpha value is -1.51. The molecule has 1 N–H and O–H groups in total. The topological polar surface area (TPSA) is 40.5 Å². The smallest absolute Gasteiger partial charge is 0.255 e. The third kappa shape index (κ3) is 4.26. The SMILES string of the molecule is CSCC(C)N(C)C(=O)c1ccc(F)cc1C#CCO. The minimum absolute atomic E-state index is 0.0706. The van der Waals surface area contributed by atoms with Crippen LogP contribution >= 0.6 is 11.8 Å². The van der Waals surface area contributed by atoms with Crippen LogP contribution in [0.1, 0.15) is 22.8 Å². The van der Waals surface area contributed by atoms with Crippen LogP contribution in [-0.2, 0) is 0 Å². The van der Waals surface area contributed by atoms with Crippen molar-refractivity contribution < 1.29 is 14.3 Å². The highest BCUT2D eigenvalue weighted by molar-refractivity contribution is 7.98. The van der Waals surface area contributed by atoms with Gasteiger partial charge in [-0.2, -0.15) is 11.8 Å². The van der Waals surface area contributed by atoms with E-state index in [1.54, 1.807) is 23.7 Å². The van der Waals surface area contributed by atoms with Gasteiger partial charge in [-0.15, -0.1) is 0 Å². The van der Waals surface area contributed by atoms with E-state index < -0.39 is 5.82 Å². The Balaban J connectivity index is 3.09. The molecule has 1 rings (SSSR count). The van der Waals surface area contributed by atoms with E-state index in [-0.39, 0.29) is 18.6 Å². The van der Waals surface area contributed by atoms with E-state index in [4.69, 9.17) is 5.11 Å². The summed E-state index contributed by atoms with van der Waals surface area (Å²) in [6, 6.07) is 3.95. The molecular weight excluding hydrogens is 277 g/mol. The number of halogens is 1. The second-order valence-electron chi connectivity index (χ2n) is 4.37. The lowest BCUT2D eigenvalue weighted by atomic mass is 10.1. The second kappa shape index (κ2) is 7.93. The molecule has 0 bridgehead atoms. The van der Waals surface area contributed by atoms with E-state index in [1.165, 1.54) is 18.2 Å². The Bertz CT molecular complexity index is 536. The minimum atomic E-state index is -0.455. The Kier molecular flexibility index (Phi) is 6.56. The van der Waals surface area contributed by atoms with Crippen LogP contribution in [0.3, 0.4) is 0 Å². The van der Waals surface area contributed by atoms with E-state index in [2.05, 4.69) is 11.8 Å². The van der Waals surface area contributed by atoms with Crippen LogP contribution in [0.15, 0.2) is 18.2 Å². The zero-order chi connectivity index (χ0) is 15.1. The molecule has 0 aliphatic carbocycles. The molecule has 0 spiro atoms. The third-order valence-electron chi connectivity index (χ3n) is 2.90. The molecule has 0 radical (unpaired) electrons. The van der Waals surface area contributed by atoms with E-state index >= 15 is 0 Å². The van der Waals surface area contributed by atoms with Crippen LogP contribution in [0.5, 0.6) is 0 Å². The van der Waals surface area contributed by atoms with Crippen LogP contribution in [-0.4, -0.2) is 47.6 Å². The molecule has 0 aromatic heterocycles. The van der Waals surface area contributed by atoms with Crippen molar-refractivity contribution in [2.75, 3.05) is 25.7 Å². The number of amides is 1. The normalized spacial score (nSPS) is 11.4. The number of aliphatic hydroxyl groups is 1. The van der Waals surface area contributed by atoms with Gasteiger partial charge in [0.05, 0.1) is 5.56 Å². The van der Waals surface area contributed by atoms with Gasteiger partial charge >= 0.3 is 0 Å². The van der Waals surface area contributed by atoms with E-state index in [1.807, 2.05) is 13.2 Å². The Labute approximate surface area is 123 Å². The molecule has 20 heavy (non-hydrogen) atoms. The fraction of sp³-hybridized carbons (Fsp3) is 0.400. The molecule has 0 heterocycles. The third-order valence-corrected chi connectivity index (χ3v) is 3.72. The highest BCUT2D eigenvalue weighted by Gasteiger charge is 2.19. The zero-order valence-corrected chi connectivity index (χ0v) is 12.6. The number of benzene rings is 1. The van der Waals surface area contributed by atoms with Crippen LogP contribution in [0.4, 0.5) is 4.39 Å².